The van der Waals surface area contributed by atoms with E-state index in [2.05, 4.69) is 5.32 Å². The molecule has 10 heteroatoms. The van der Waals surface area contributed by atoms with Crippen LogP contribution in [0.3, 0.4) is 0 Å². The maximum Gasteiger partial charge on any atom is 0.264 e. The van der Waals surface area contributed by atoms with E-state index in [1.54, 1.807) is 43.3 Å². The van der Waals surface area contributed by atoms with Crippen molar-refractivity contribution in [2.24, 2.45) is 0 Å². The van der Waals surface area contributed by atoms with E-state index in [0.717, 1.165) is 28.3 Å². The van der Waals surface area contributed by atoms with Gasteiger partial charge in [0.1, 0.15) is 12.6 Å². The number of nitrogens with zero attached hydrogens (tertiary/aromatic N) is 2. The number of carbonyl (C=O) groups excluding carboxylic acids is 2. The quantitative estimate of drug-likeness (QED) is 0.252. The Hall–Kier alpha value is -3.07. The Kier molecular flexibility index (Phi) is 11.0. The van der Waals surface area contributed by atoms with Crippen molar-refractivity contribution >= 4 is 50.7 Å². The summed E-state index contributed by atoms with van der Waals surface area (Å²) in [6.45, 7) is 7.43. The largest absolute Gasteiger partial charge is 0.354 e. The molecule has 0 heterocycles. The summed E-state index contributed by atoms with van der Waals surface area (Å²) in [6.07, 6.45) is 1.71. The first-order chi connectivity index (χ1) is 18.9. The van der Waals surface area contributed by atoms with Gasteiger partial charge < -0.3 is 10.2 Å². The molecule has 0 bridgehead atoms. The molecule has 7 nitrogen and oxygen atoms in total. The molecular weight excluding hydrogens is 569 g/mol. The molecule has 0 aromatic heterocycles. The monoisotopic (exact) mass is 603 g/mol. The fraction of sp³-hybridized carbons (Fsp3) is 0.333. The summed E-state index contributed by atoms with van der Waals surface area (Å²) in [5.74, 6) is -0.874. The molecule has 214 valence electrons. The fourth-order valence-electron chi connectivity index (χ4n) is 4.07. The third kappa shape index (κ3) is 7.77. The van der Waals surface area contributed by atoms with E-state index in [-0.39, 0.29) is 17.3 Å². The van der Waals surface area contributed by atoms with E-state index in [0.29, 0.717) is 27.8 Å². The van der Waals surface area contributed by atoms with Gasteiger partial charge in [0.25, 0.3) is 10.0 Å². The Balaban J connectivity index is 2.03. The number of halogens is 2. The minimum atomic E-state index is -4.17. The van der Waals surface area contributed by atoms with Crippen molar-refractivity contribution in [2.45, 2.75) is 58.0 Å². The summed E-state index contributed by atoms with van der Waals surface area (Å²) < 4.78 is 28.9. The first-order valence-electron chi connectivity index (χ1n) is 13.1. The predicted molar refractivity (Wildman–Crippen MR) is 161 cm³/mol. The van der Waals surface area contributed by atoms with Gasteiger partial charge in [0, 0.05) is 23.1 Å². The van der Waals surface area contributed by atoms with E-state index >= 15 is 0 Å². The Morgan fingerprint density at radius 1 is 0.950 bits per heavy atom. The van der Waals surface area contributed by atoms with E-state index in [1.807, 2.05) is 26.8 Å². The Bertz CT molecular complexity index is 1450. The number of rotatable bonds is 12. The topological polar surface area (TPSA) is 86.8 Å². The minimum Gasteiger partial charge on any atom is -0.354 e. The molecule has 3 rings (SSSR count). The lowest BCUT2D eigenvalue weighted by Crippen LogP contribution is -2.51. The van der Waals surface area contributed by atoms with Gasteiger partial charge in [-0.25, -0.2) is 8.42 Å². The molecule has 0 aliphatic carbocycles. The van der Waals surface area contributed by atoms with E-state index < -0.39 is 28.5 Å². The van der Waals surface area contributed by atoms with Crippen LogP contribution in [0.15, 0.2) is 71.6 Å². The summed E-state index contributed by atoms with van der Waals surface area (Å²) in [4.78, 5) is 28.4. The van der Waals surface area contributed by atoms with Gasteiger partial charge in [0.05, 0.1) is 10.6 Å². The maximum atomic E-state index is 14.0. The minimum absolute atomic E-state index is 0.00839. The van der Waals surface area contributed by atoms with Gasteiger partial charge in [-0.05, 0) is 86.3 Å². The summed E-state index contributed by atoms with van der Waals surface area (Å²) in [5, 5.41) is 3.70. The Morgan fingerprint density at radius 2 is 1.62 bits per heavy atom. The smallest absolute Gasteiger partial charge is 0.264 e. The predicted octanol–water partition coefficient (Wildman–Crippen LogP) is 6.14. The SMILES string of the molecule is CCCCNC(=O)[C@H](C)N(Cc1ccccc1Cl)C(=O)CN(c1ccc(C)c(C)c1)S(=O)(=O)c1ccc(Cl)cc1. The number of benzene rings is 3. The van der Waals surface area contributed by atoms with Crippen LogP contribution in [0.5, 0.6) is 0 Å². The first kappa shape index (κ1) is 31.5. The van der Waals surface area contributed by atoms with Crippen molar-refractivity contribution < 1.29 is 18.0 Å². The van der Waals surface area contributed by atoms with Crippen molar-refractivity contribution in [3.8, 4) is 0 Å². The van der Waals surface area contributed by atoms with Crippen LogP contribution >= 0.6 is 23.2 Å². The second-order valence-electron chi connectivity index (χ2n) is 9.67. The molecule has 0 radical (unpaired) electrons. The van der Waals surface area contributed by atoms with Gasteiger partial charge in [-0.15, -0.1) is 0 Å². The van der Waals surface area contributed by atoms with E-state index in [4.69, 9.17) is 23.2 Å². The Morgan fingerprint density at radius 3 is 2.25 bits per heavy atom. The maximum absolute atomic E-state index is 14.0. The molecule has 40 heavy (non-hydrogen) atoms. The van der Waals surface area contributed by atoms with Crippen molar-refractivity contribution in [1.82, 2.24) is 10.2 Å². The number of hydrogen-bond donors (Lipinski definition) is 1. The average Bonchev–Trinajstić information content (AvgIpc) is 2.92. The van der Waals surface area contributed by atoms with Crippen LogP contribution in [0.2, 0.25) is 10.0 Å². The lowest BCUT2D eigenvalue weighted by molar-refractivity contribution is -0.139. The summed E-state index contributed by atoms with van der Waals surface area (Å²) in [6, 6.07) is 17.2. The normalized spacial score (nSPS) is 12.1. The second kappa shape index (κ2) is 14.0. The molecule has 0 spiro atoms. The van der Waals surface area contributed by atoms with Gasteiger partial charge in [0.15, 0.2) is 0 Å². The lowest BCUT2D eigenvalue weighted by Gasteiger charge is -2.32. The second-order valence-corrected chi connectivity index (χ2v) is 12.4. The Labute approximate surface area is 247 Å². The van der Waals surface area contributed by atoms with Crippen molar-refractivity contribution in [3.63, 3.8) is 0 Å². The molecule has 0 aliphatic heterocycles. The van der Waals surface area contributed by atoms with Gasteiger partial charge in [-0.1, -0.05) is 60.8 Å². The highest BCUT2D eigenvalue weighted by molar-refractivity contribution is 7.92. The third-order valence-electron chi connectivity index (χ3n) is 6.75. The highest BCUT2D eigenvalue weighted by atomic mass is 35.5. The fourth-order valence-corrected chi connectivity index (χ4v) is 5.80. The van der Waals surface area contributed by atoms with Crippen LogP contribution in [0.4, 0.5) is 5.69 Å². The number of nitrogens with one attached hydrogen (secondary N) is 1. The van der Waals surface area contributed by atoms with Crippen LogP contribution in [0.25, 0.3) is 0 Å². The van der Waals surface area contributed by atoms with Crippen LogP contribution < -0.4 is 9.62 Å². The highest BCUT2D eigenvalue weighted by Gasteiger charge is 2.33. The standard InChI is InChI=1S/C30H35Cl2N3O4S/c1-5-6-17-33-30(37)23(4)34(19-24-9-7-8-10-28(24)32)29(36)20-35(26-14-11-21(2)22(3)18-26)40(38,39)27-15-12-25(31)13-16-27/h7-16,18,23H,5-6,17,19-20H2,1-4H3,(H,33,37)/t23-/m0/s1. The highest BCUT2D eigenvalue weighted by Crippen LogP contribution is 2.27. The summed E-state index contributed by atoms with van der Waals surface area (Å²) in [7, 11) is -4.17. The molecule has 3 aromatic rings. The van der Waals surface area contributed by atoms with E-state index in [9.17, 15) is 18.0 Å². The van der Waals surface area contributed by atoms with Crippen molar-refractivity contribution in [1.29, 1.82) is 0 Å². The lowest BCUT2D eigenvalue weighted by atomic mass is 10.1. The molecule has 0 saturated heterocycles. The number of unbranched alkanes of at least 4 members (excludes halogenated alkanes) is 1. The zero-order valence-electron chi connectivity index (χ0n) is 23.2. The van der Waals surface area contributed by atoms with Gasteiger partial charge >= 0.3 is 0 Å². The number of hydrogen-bond acceptors (Lipinski definition) is 4. The van der Waals surface area contributed by atoms with Gasteiger partial charge in [-0.2, -0.15) is 0 Å². The zero-order chi connectivity index (χ0) is 29.4. The first-order valence-corrected chi connectivity index (χ1v) is 15.3. The molecule has 0 saturated carbocycles. The molecule has 1 N–H and O–H groups in total. The number of anilines is 1. The number of carbonyl (C=O) groups is 2. The molecule has 3 aromatic carbocycles. The third-order valence-corrected chi connectivity index (χ3v) is 9.16. The van der Waals surface area contributed by atoms with Crippen LogP contribution in [0, 0.1) is 13.8 Å². The zero-order valence-corrected chi connectivity index (χ0v) is 25.5. The summed E-state index contributed by atoms with van der Waals surface area (Å²) in [5.41, 5.74) is 2.84. The van der Waals surface area contributed by atoms with Crippen molar-refractivity contribution in [3.05, 3.63) is 93.5 Å². The number of amides is 2. The molecule has 0 fully saturated rings. The molecule has 2 amide bonds. The van der Waals surface area contributed by atoms with Crippen LogP contribution in [-0.4, -0.2) is 44.3 Å². The van der Waals surface area contributed by atoms with Crippen molar-refractivity contribution in [2.75, 3.05) is 17.4 Å². The summed E-state index contributed by atoms with van der Waals surface area (Å²) >= 11 is 12.4. The van der Waals surface area contributed by atoms with Crippen LogP contribution in [0.1, 0.15) is 43.4 Å². The van der Waals surface area contributed by atoms with Gasteiger partial charge in [-0.3, -0.25) is 13.9 Å². The van der Waals surface area contributed by atoms with Gasteiger partial charge in [0.2, 0.25) is 11.8 Å². The van der Waals surface area contributed by atoms with Crippen LogP contribution in [-0.2, 0) is 26.2 Å². The number of aryl methyl sites for hydroxylation is 2. The number of sulfonamides is 1. The van der Waals surface area contributed by atoms with E-state index in [1.165, 1.54) is 29.2 Å². The molecular formula is C30H35Cl2N3O4S. The molecule has 0 aliphatic rings. The average molecular weight is 605 g/mol. The molecule has 1 atom stereocenters. The molecule has 0 unspecified atom stereocenters.